The molecular formula is C10H11ClO4S. The summed E-state index contributed by atoms with van der Waals surface area (Å²) in [6.45, 7) is 3.33. The van der Waals surface area contributed by atoms with Crippen LogP contribution in [0.2, 0.25) is 0 Å². The first kappa shape index (κ1) is 13.0. The van der Waals surface area contributed by atoms with Gasteiger partial charge in [-0.1, -0.05) is 6.07 Å². The minimum atomic E-state index is -3.96. The summed E-state index contributed by atoms with van der Waals surface area (Å²) in [6.07, 6.45) is 0. The van der Waals surface area contributed by atoms with Crippen molar-refractivity contribution in [2.45, 2.75) is 18.7 Å². The Morgan fingerprint density at radius 1 is 1.31 bits per heavy atom. The third-order valence-corrected chi connectivity index (χ3v) is 3.56. The van der Waals surface area contributed by atoms with Crippen LogP contribution in [0.3, 0.4) is 0 Å². The molecule has 0 N–H and O–H groups in total. The topological polar surface area (TPSA) is 60.4 Å². The van der Waals surface area contributed by atoms with Crippen LogP contribution in [-0.4, -0.2) is 21.5 Å². The lowest BCUT2D eigenvalue weighted by molar-refractivity contribution is 0.0596. The molecule has 0 aliphatic rings. The van der Waals surface area contributed by atoms with E-state index in [1.165, 1.54) is 13.2 Å². The second kappa shape index (κ2) is 4.43. The van der Waals surface area contributed by atoms with E-state index in [4.69, 9.17) is 10.7 Å². The monoisotopic (exact) mass is 262 g/mol. The van der Waals surface area contributed by atoms with Gasteiger partial charge in [-0.25, -0.2) is 13.2 Å². The van der Waals surface area contributed by atoms with Gasteiger partial charge in [0, 0.05) is 10.7 Å². The van der Waals surface area contributed by atoms with E-state index < -0.39 is 15.0 Å². The van der Waals surface area contributed by atoms with Crippen LogP contribution in [0.25, 0.3) is 0 Å². The summed E-state index contributed by atoms with van der Waals surface area (Å²) in [6, 6.07) is 3.08. The van der Waals surface area contributed by atoms with Crippen molar-refractivity contribution in [3.8, 4) is 0 Å². The molecule has 88 valence electrons. The summed E-state index contributed by atoms with van der Waals surface area (Å²) >= 11 is 0. The highest BCUT2D eigenvalue weighted by molar-refractivity contribution is 8.13. The molecule has 1 aromatic rings. The van der Waals surface area contributed by atoms with Gasteiger partial charge in [0.15, 0.2) is 0 Å². The average molecular weight is 263 g/mol. The number of methoxy groups -OCH3 is 1. The van der Waals surface area contributed by atoms with Gasteiger partial charge in [0.25, 0.3) is 9.05 Å². The molecule has 0 unspecified atom stereocenters. The van der Waals surface area contributed by atoms with Crippen molar-refractivity contribution in [2.75, 3.05) is 7.11 Å². The molecule has 0 bridgehead atoms. The summed E-state index contributed by atoms with van der Waals surface area (Å²) < 4.78 is 27.2. The van der Waals surface area contributed by atoms with Gasteiger partial charge in [-0.15, -0.1) is 0 Å². The first-order chi connectivity index (χ1) is 7.27. The summed E-state index contributed by atoms with van der Waals surface area (Å²) in [4.78, 5) is 11.3. The van der Waals surface area contributed by atoms with Crippen molar-refractivity contribution in [3.63, 3.8) is 0 Å². The largest absolute Gasteiger partial charge is 0.465 e. The maximum absolute atomic E-state index is 11.4. The van der Waals surface area contributed by atoms with Gasteiger partial charge in [0.2, 0.25) is 0 Å². The van der Waals surface area contributed by atoms with Gasteiger partial charge in [0.05, 0.1) is 17.6 Å². The third kappa shape index (κ3) is 2.54. The lowest BCUT2D eigenvalue weighted by Crippen LogP contribution is -2.09. The Bertz CT molecular complexity index is 534. The van der Waals surface area contributed by atoms with Crippen molar-refractivity contribution in [1.82, 2.24) is 0 Å². The van der Waals surface area contributed by atoms with Gasteiger partial charge < -0.3 is 4.74 Å². The van der Waals surface area contributed by atoms with Crippen LogP contribution in [0.1, 0.15) is 21.5 Å². The predicted octanol–water partition coefficient (Wildman–Crippen LogP) is 2.02. The highest BCUT2D eigenvalue weighted by Gasteiger charge is 2.23. The maximum atomic E-state index is 11.4. The molecule has 16 heavy (non-hydrogen) atoms. The summed E-state index contributed by atoms with van der Waals surface area (Å²) in [5.41, 5.74) is 1.16. The molecule has 6 heteroatoms. The normalized spacial score (nSPS) is 11.2. The van der Waals surface area contributed by atoms with Crippen LogP contribution >= 0.6 is 10.7 Å². The number of aryl methyl sites for hydroxylation is 2. The molecule has 0 spiro atoms. The Kier molecular flexibility index (Phi) is 3.60. The number of benzene rings is 1. The van der Waals surface area contributed by atoms with Crippen LogP contribution in [0, 0.1) is 13.8 Å². The van der Waals surface area contributed by atoms with Crippen molar-refractivity contribution in [1.29, 1.82) is 0 Å². The highest BCUT2D eigenvalue weighted by atomic mass is 35.7. The third-order valence-electron chi connectivity index (χ3n) is 2.07. The molecule has 1 aromatic carbocycles. The van der Waals surface area contributed by atoms with E-state index in [-0.39, 0.29) is 10.5 Å². The summed E-state index contributed by atoms with van der Waals surface area (Å²) in [5, 5.41) is 0. The van der Waals surface area contributed by atoms with E-state index in [0.717, 1.165) is 5.56 Å². The highest BCUT2D eigenvalue weighted by Crippen LogP contribution is 2.26. The lowest BCUT2D eigenvalue weighted by Gasteiger charge is -2.09. The number of rotatable bonds is 2. The van der Waals surface area contributed by atoms with E-state index in [2.05, 4.69) is 4.74 Å². The quantitative estimate of drug-likeness (QED) is 0.604. The second-order valence-electron chi connectivity index (χ2n) is 3.39. The Balaban J connectivity index is 3.64. The number of hydrogen-bond acceptors (Lipinski definition) is 4. The average Bonchev–Trinajstić information content (AvgIpc) is 2.12. The number of carbonyl (C=O) groups excluding carboxylic acids is 1. The first-order valence-electron chi connectivity index (χ1n) is 4.41. The van der Waals surface area contributed by atoms with E-state index in [1.54, 1.807) is 19.9 Å². The number of carbonyl (C=O) groups is 1. The zero-order valence-corrected chi connectivity index (χ0v) is 10.6. The minimum Gasteiger partial charge on any atom is -0.465 e. The molecule has 0 radical (unpaired) electrons. The summed E-state index contributed by atoms with van der Waals surface area (Å²) in [5.74, 6) is -0.717. The number of halogens is 1. The molecule has 0 fully saturated rings. The molecule has 0 amide bonds. The van der Waals surface area contributed by atoms with Crippen molar-refractivity contribution >= 4 is 25.7 Å². The molecule has 0 aliphatic heterocycles. The first-order valence-corrected chi connectivity index (χ1v) is 6.72. The molecule has 0 atom stereocenters. The van der Waals surface area contributed by atoms with Crippen molar-refractivity contribution in [2.24, 2.45) is 0 Å². The van der Waals surface area contributed by atoms with E-state index in [0.29, 0.717) is 5.56 Å². The lowest BCUT2D eigenvalue weighted by atomic mass is 10.1. The van der Waals surface area contributed by atoms with E-state index >= 15 is 0 Å². The fourth-order valence-electron chi connectivity index (χ4n) is 1.54. The fourth-order valence-corrected chi connectivity index (χ4v) is 3.00. The van der Waals surface area contributed by atoms with Crippen LogP contribution in [0.4, 0.5) is 0 Å². The smallest absolute Gasteiger partial charge is 0.339 e. The molecule has 0 saturated carbocycles. The van der Waals surface area contributed by atoms with Gasteiger partial charge in [0.1, 0.15) is 0 Å². The zero-order valence-electron chi connectivity index (χ0n) is 9.07. The fraction of sp³-hybridized carbons (Fsp3) is 0.300. The Morgan fingerprint density at radius 3 is 2.31 bits per heavy atom. The van der Waals surface area contributed by atoms with Gasteiger partial charge in [-0.2, -0.15) is 0 Å². The minimum absolute atomic E-state index is 0.0324. The molecular weight excluding hydrogens is 252 g/mol. The SMILES string of the molecule is COC(=O)c1cc(C)cc(C)c1S(=O)(=O)Cl. The molecule has 4 nitrogen and oxygen atoms in total. The summed E-state index contributed by atoms with van der Waals surface area (Å²) in [7, 11) is 2.51. The van der Waals surface area contributed by atoms with E-state index in [9.17, 15) is 13.2 Å². The molecule has 0 aromatic heterocycles. The number of hydrogen-bond donors (Lipinski definition) is 0. The van der Waals surface area contributed by atoms with Gasteiger partial charge in [-0.3, -0.25) is 0 Å². The standard InChI is InChI=1S/C10H11ClO4S/c1-6-4-7(2)9(16(11,13)14)8(5-6)10(12)15-3/h4-5H,1-3H3. The maximum Gasteiger partial charge on any atom is 0.339 e. The van der Waals surface area contributed by atoms with Crippen LogP contribution in [0.15, 0.2) is 17.0 Å². The molecule has 0 saturated heterocycles. The predicted molar refractivity (Wildman–Crippen MR) is 60.3 cm³/mol. The molecule has 0 heterocycles. The second-order valence-corrected chi connectivity index (χ2v) is 5.89. The zero-order chi connectivity index (χ0) is 12.5. The Labute approximate surface area is 98.6 Å². The van der Waals surface area contributed by atoms with Gasteiger partial charge >= 0.3 is 5.97 Å². The molecule has 0 aliphatic carbocycles. The van der Waals surface area contributed by atoms with Crippen molar-refractivity contribution in [3.05, 3.63) is 28.8 Å². The van der Waals surface area contributed by atoms with Crippen LogP contribution in [-0.2, 0) is 13.8 Å². The number of ether oxygens (including phenoxy) is 1. The van der Waals surface area contributed by atoms with Gasteiger partial charge in [-0.05, 0) is 31.0 Å². The number of esters is 1. The van der Waals surface area contributed by atoms with Crippen LogP contribution in [0.5, 0.6) is 0 Å². The molecule has 1 rings (SSSR count). The van der Waals surface area contributed by atoms with Crippen LogP contribution < -0.4 is 0 Å². The van der Waals surface area contributed by atoms with E-state index in [1.807, 2.05) is 0 Å². The van der Waals surface area contributed by atoms with Crippen molar-refractivity contribution < 1.29 is 17.9 Å². The Morgan fingerprint density at radius 2 is 1.88 bits per heavy atom. The Hall–Kier alpha value is -1.07.